The second kappa shape index (κ2) is 7.78. The highest BCUT2D eigenvalue weighted by Gasteiger charge is 2.37. The molecule has 1 saturated heterocycles. The van der Waals surface area contributed by atoms with Crippen LogP contribution in [0.1, 0.15) is 18.4 Å². The van der Waals surface area contributed by atoms with Gasteiger partial charge in [0.15, 0.2) is 0 Å². The Morgan fingerprint density at radius 2 is 1.55 bits per heavy atom. The van der Waals surface area contributed by atoms with E-state index in [0.717, 1.165) is 24.3 Å². The predicted molar refractivity (Wildman–Crippen MR) is 102 cm³/mol. The lowest BCUT2D eigenvalue weighted by molar-refractivity contribution is -0.139. The van der Waals surface area contributed by atoms with E-state index < -0.39 is 36.7 Å². The SMILES string of the molecule is O=S(=O)(Nc1ccc(Cl)c(S(=O)(=O)N2CCCC2)c1)c1ccccc1C(F)(F)F. The molecule has 3 rings (SSSR count). The van der Waals surface area contributed by atoms with Crippen LogP contribution in [0.2, 0.25) is 5.02 Å². The Hall–Kier alpha value is -1.82. The number of halogens is 4. The lowest BCUT2D eigenvalue weighted by Gasteiger charge is -2.18. The lowest BCUT2D eigenvalue weighted by atomic mass is 10.2. The van der Waals surface area contributed by atoms with Crippen LogP contribution in [0.3, 0.4) is 0 Å². The van der Waals surface area contributed by atoms with Gasteiger partial charge in [0.1, 0.15) is 4.90 Å². The number of sulfonamides is 2. The molecule has 2 aromatic carbocycles. The van der Waals surface area contributed by atoms with Gasteiger partial charge >= 0.3 is 6.18 Å². The topological polar surface area (TPSA) is 83.5 Å². The average Bonchev–Trinajstić information content (AvgIpc) is 3.18. The quantitative estimate of drug-likeness (QED) is 0.720. The van der Waals surface area contributed by atoms with Crippen molar-refractivity contribution < 1.29 is 30.0 Å². The Kier molecular flexibility index (Phi) is 5.87. The minimum absolute atomic E-state index is 0.115. The summed E-state index contributed by atoms with van der Waals surface area (Å²) < 4.78 is 93.4. The van der Waals surface area contributed by atoms with Gasteiger partial charge in [-0.3, -0.25) is 4.72 Å². The third-order valence-corrected chi connectivity index (χ3v) is 8.17. The molecule has 29 heavy (non-hydrogen) atoms. The van der Waals surface area contributed by atoms with Gasteiger partial charge in [-0.25, -0.2) is 16.8 Å². The molecule has 1 aliphatic rings. The highest BCUT2D eigenvalue weighted by molar-refractivity contribution is 7.92. The molecule has 0 aromatic heterocycles. The maximum atomic E-state index is 13.2. The van der Waals surface area contributed by atoms with Crippen LogP contribution >= 0.6 is 11.6 Å². The van der Waals surface area contributed by atoms with Crippen LogP contribution in [0.5, 0.6) is 0 Å². The van der Waals surface area contributed by atoms with Crippen LogP contribution in [0, 0.1) is 0 Å². The van der Waals surface area contributed by atoms with Gasteiger partial charge in [-0.2, -0.15) is 17.5 Å². The standard InChI is InChI=1S/C17H16ClF3N2O4S2/c18-14-8-7-12(11-16(14)29(26,27)23-9-3-4-10-23)22-28(24,25)15-6-2-1-5-13(15)17(19,20)21/h1-2,5-8,11,22H,3-4,9-10H2. The van der Waals surface area contributed by atoms with E-state index in [2.05, 4.69) is 0 Å². The van der Waals surface area contributed by atoms with Gasteiger partial charge in [-0.15, -0.1) is 0 Å². The van der Waals surface area contributed by atoms with Crippen molar-refractivity contribution in [3.05, 3.63) is 53.1 Å². The molecule has 0 spiro atoms. The number of anilines is 1. The molecule has 1 N–H and O–H groups in total. The first-order valence-corrected chi connectivity index (χ1v) is 11.7. The zero-order valence-corrected chi connectivity index (χ0v) is 17.2. The Morgan fingerprint density at radius 3 is 2.17 bits per heavy atom. The van der Waals surface area contributed by atoms with Crippen LogP contribution in [-0.4, -0.2) is 34.2 Å². The van der Waals surface area contributed by atoms with Crippen molar-refractivity contribution in [3.63, 3.8) is 0 Å². The van der Waals surface area contributed by atoms with E-state index in [0.29, 0.717) is 32.0 Å². The summed E-state index contributed by atoms with van der Waals surface area (Å²) in [5.41, 5.74) is -1.55. The Labute approximate surface area is 171 Å². The third-order valence-electron chi connectivity index (χ3n) is 4.35. The Morgan fingerprint density at radius 1 is 0.931 bits per heavy atom. The summed E-state index contributed by atoms with van der Waals surface area (Å²) in [4.78, 5) is -1.28. The van der Waals surface area contributed by atoms with Gasteiger partial charge in [0.05, 0.1) is 21.2 Å². The van der Waals surface area contributed by atoms with Crippen molar-refractivity contribution in [2.24, 2.45) is 0 Å². The Bertz CT molecular complexity index is 1130. The van der Waals surface area contributed by atoms with Crippen molar-refractivity contribution in [2.75, 3.05) is 17.8 Å². The van der Waals surface area contributed by atoms with Crippen LogP contribution in [-0.2, 0) is 26.2 Å². The number of hydrogen-bond acceptors (Lipinski definition) is 4. The molecule has 1 fully saturated rings. The first-order valence-electron chi connectivity index (χ1n) is 8.42. The summed E-state index contributed by atoms with van der Waals surface area (Å²) in [6, 6.07) is 7.07. The molecule has 6 nitrogen and oxygen atoms in total. The van der Waals surface area contributed by atoms with Gasteiger partial charge in [0.25, 0.3) is 10.0 Å². The van der Waals surface area contributed by atoms with Gasteiger partial charge < -0.3 is 0 Å². The average molecular weight is 469 g/mol. The molecule has 0 bridgehead atoms. The summed E-state index contributed by atoms with van der Waals surface area (Å²) in [6.45, 7) is 0.626. The highest BCUT2D eigenvalue weighted by atomic mass is 35.5. The molecule has 0 atom stereocenters. The minimum atomic E-state index is -4.88. The van der Waals surface area contributed by atoms with Crippen molar-refractivity contribution in [1.82, 2.24) is 4.31 Å². The molecule has 0 radical (unpaired) electrons. The third kappa shape index (κ3) is 4.52. The monoisotopic (exact) mass is 468 g/mol. The maximum Gasteiger partial charge on any atom is 0.417 e. The molecule has 0 saturated carbocycles. The van der Waals surface area contributed by atoms with Gasteiger partial charge in [-0.1, -0.05) is 23.7 Å². The van der Waals surface area contributed by atoms with E-state index in [1.807, 2.05) is 4.72 Å². The summed E-state index contributed by atoms with van der Waals surface area (Å²) in [5, 5.41) is -0.115. The molecule has 0 aliphatic carbocycles. The molecule has 2 aromatic rings. The zero-order valence-electron chi connectivity index (χ0n) is 14.8. The van der Waals surface area contributed by atoms with Gasteiger partial charge in [-0.05, 0) is 43.2 Å². The van der Waals surface area contributed by atoms with Crippen LogP contribution in [0.25, 0.3) is 0 Å². The predicted octanol–water partition coefficient (Wildman–Crippen LogP) is 3.94. The largest absolute Gasteiger partial charge is 0.417 e. The van der Waals surface area contributed by atoms with E-state index in [9.17, 15) is 30.0 Å². The second-order valence-electron chi connectivity index (χ2n) is 6.36. The molecular weight excluding hydrogens is 453 g/mol. The molecular formula is C17H16ClF3N2O4S2. The number of alkyl halides is 3. The second-order valence-corrected chi connectivity index (χ2v) is 10.3. The number of benzene rings is 2. The number of hydrogen-bond donors (Lipinski definition) is 1. The zero-order chi connectivity index (χ0) is 21.4. The maximum absolute atomic E-state index is 13.2. The molecule has 12 heteroatoms. The van der Waals surface area contributed by atoms with Crippen molar-refractivity contribution >= 4 is 37.3 Å². The first-order chi connectivity index (χ1) is 13.4. The van der Waals surface area contributed by atoms with Crippen molar-refractivity contribution in [3.8, 4) is 0 Å². The van der Waals surface area contributed by atoms with E-state index in [1.54, 1.807) is 0 Å². The number of rotatable bonds is 5. The summed E-state index contributed by atoms with van der Waals surface area (Å²) in [7, 11) is -8.60. The van der Waals surface area contributed by atoms with E-state index in [1.165, 1.54) is 16.4 Å². The van der Waals surface area contributed by atoms with Crippen LogP contribution in [0.4, 0.5) is 18.9 Å². The van der Waals surface area contributed by atoms with E-state index in [-0.39, 0.29) is 15.6 Å². The summed E-state index contributed by atoms with van der Waals surface area (Å²) in [6.07, 6.45) is -3.50. The summed E-state index contributed by atoms with van der Waals surface area (Å²) >= 11 is 6.00. The van der Waals surface area contributed by atoms with Crippen LogP contribution in [0.15, 0.2) is 52.3 Å². The number of nitrogens with one attached hydrogen (secondary N) is 1. The molecule has 1 aliphatic heterocycles. The first kappa shape index (κ1) is 21.9. The molecule has 0 amide bonds. The fourth-order valence-electron chi connectivity index (χ4n) is 2.98. The Balaban J connectivity index is 2.00. The summed E-state index contributed by atoms with van der Waals surface area (Å²) in [5.74, 6) is 0. The van der Waals surface area contributed by atoms with Crippen molar-refractivity contribution in [2.45, 2.75) is 28.8 Å². The van der Waals surface area contributed by atoms with Gasteiger partial charge in [0.2, 0.25) is 10.0 Å². The van der Waals surface area contributed by atoms with Crippen LogP contribution < -0.4 is 4.72 Å². The fourth-order valence-corrected chi connectivity index (χ4v) is 6.27. The lowest BCUT2D eigenvalue weighted by Crippen LogP contribution is -2.28. The smallest absolute Gasteiger partial charge is 0.280 e. The normalized spacial score (nSPS) is 16.1. The van der Waals surface area contributed by atoms with Crippen molar-refractivity contribution in [1.29, 1.82) is 0 Å². The fraction of sp³-hybridized carbons (Fsp3) is 0.294. The molecule has 158 valence electrons. The molecule has 0 unspecified atom stereocenters. The number of nitrogens with zero attached hydrogens (tertiary/aromatic N) is 1. The van der Waals surface area contributed by atoms with E-state index in [4.69, 9.17) is 11.6 Å². The highest BCUT2D eigenvalue weighted by Crippen LogP contribution is 2.35. The molecule has 1 heterocycles. The van der Waals surface area contributed by atoms with E-state index >= 15 is 0 Å². The van der Waals surface area contributed by atoms with Gasteiger partial charge in [0, 0.05) is 13.1 Å². The minimum Gasteiger partial charge on any atom is -0.280 e.